The molecule has 2 heterocycles. The topological polar surface area (TPSA) is 89.7 Å². The number of rotatable bonds is 4. The molecule has 25 heavy (non-hydrogen) atoms. The average Bonchev–Trinajstić information content (AvgIpc) is 3.05. The van der Waals surface area contributed by atoms with E-state index in [0.717, 1.165) is 35.5 Å². The lowest BCUT2D eigenvalue weighted by Crippen LogP contribution is -2.75. The van der Waals surface area contributed by atoms with Crippen molar-refractivity contribution in [1.29, 1.82) is 0 Å². The van der Waals surface area contributed by atoms with Crippen molar-refractivity contribution in [3.63, 3.8) is 0 Å². The Hall–Kier alpha value is -2.54. The fourth-order valence-electron chi connectivity index (χ4n) is 3.14. The predicted octanol–water partition coefficient (Wildman–Crippen LogP) is -0.167. The fourth-order valence-corrected chi connectivity index (χ4v) is 3.14. The van der Waals surface area contributed by atoms with Gasteiger partial charge in [-0.2, -0.15) is 0 Å². The molecule has 0 saturated carbocycles. The monoisotopic (exact) mass is 344 g/mol. The van der Waals surface area contributed by atoms with Crippen LogP contribution in [0, 0.1) is 19.8 Å². The van der Waals surface area contributed by atoms with Crippen LogP contribution in [0.5, 0.6) is 0 Å². The molecule has 1 aromatic rings. The van der Waals surface area contributed by atoms with Crippen molar-refractivity contribution in [1.82, 2.24) is 5.32 Å². The number of hydrogen-bond donors (Lipinski definition) is 2. The van der Waals surface area contributed by atoms with Crippen molar-refractivity contribution in [2.24, 2.45) is 5.92 Å². The minimum atomic E-state index is -1.06. The second-order valence-electron chi connectivity index (χ2n) is 6.45. The van der Waals surface area contributed by atoms with E-state index in [-0.39, 0.29) is 6.10 Å². The fraction of sp³-hybridized carbons (Fsp3) is 0.444. The molecular weight excluding hydrogens is 322 g/mol. The van der Waals surface area contributed by atoms with E-state index in [4.69, 9.17) is 4.74 Å². The summed E-state index contributed by atoms with van der Waals surface area (Å²) in [6, 6.07) is 4.72. The number of barbiturate groups is 1. The number of benzene rings is 1. The molecule has 4 amide bonds. The van der Waals surface area contributed by atoms with Gasteiger partial charge in [-0.3, -0.25) is 14.9 Å². The van der Waals surface area contributed by atoms with Gasteiger partial charge in [-0.05, 0) is 38.3 Å². The Morgan fingerprint density at radius 2 is 2.12 bits per heavy atom. The molecule has 3 rings (SSSR count). The molecule has 2 atom stereocenters. The Morgan fingerprint density at radius 1 is 1.32 bits per heavy atom. The molecule has 0 bridgehead atoms. The molecular formula is C18H22N3O4+. The van der Waals surface area contributed by atoms with E-state index in [1.165, 1.54) is 6.21 Å². The number of aryl methyl sites for hydroxylation is 2. The molecule has 7 nitrogen and oxygen atoms in total. The normalized spacial score (nSPS) is 24.2. The van der Waals surface area contributed by atoms with Crippen molar-refractivity contribution in [3.8, 4) is 0 Å². The van der Waals surface area contributed by atoms with Gasteiger partial charge in [0.1, 0.15) is 6.10 Å². The zero-order valence-corrected chi connectivity index (χ0v) is 14.4. The van der Waals surface area contributed by atoms with Gasteiger partial charge in [-0.1, -0.05) is 17.7 Å². The molecule has 0 unspecified atom stereocenters. The highest BCUT2D eigenvalue weighted by Gasteiger charge is 2.42. The Labute approximate surface area is 146 Å². The van der Waals surface area contributed by atoms with Crippen LogP contribution in [-0.2, 0) is 14.3 Å². The zero-order chi connectivity index (χ0) is 18.0. The third-order valence-electron chi connectivity index (χ3n) is 4.45. The highest BCUT2D eigenvalue weighted by molar-refractivity contribution is 6.32. The van der Waals surface area contributed by atoms with Gasteiger partial charge in [0.05, 0.1) is 5.69 Å². The van der Waals surface area contributed by atoms with Crippen LogP contribution < -0.4 is 15.2 Å². The first-order valence-corrected chi connectivity index (χ1v) is 8.42. The molecule has 0 aliphatic carbocycles. The summed E-state index contributed by atoms with van der Waals surface area (Å²) >= 11 is 0. The van der Waals surface area contributed by atoms with Crippen LogP contribution >= 0.6 is 0 Å². The largest absolute Gasteiger partial charge is 0.372 e. The number of ether oxygens (including phenoxy) is 1. The van der Waals surface area contributed by atoms with Gasteiger partial charge in [0, 0.05) is 6.61 Å². The number of carbonyl (C=O) groups is 3. The lowest BCUT2D eigenvalue weighted by atomic mass is 10.0. The zero-order valence-electron chi connectivity index (χ0n) is 14.4. The number of carbonyl (C=O) groups excluding carboxylic acids is 3. The Balaban J connectivity index is 1.80. The third-order valence-corrected chi connectivity index (χ3v) is 4.45. The summed E-state index contributed by atoms with van der Waals surface area (Å²) < 4.78 is 5.50. The van der Waals surface area contributed by atoms with E-state index in [9.17, 15) is 14.4 Å². The van der Waals surface area contributed by atoms with Crippen LogP contribution in [-0.4, -0.2) is 43.3 Å². The summed E-state index contributed by atoms with van der Waals surface area (Å²) in [5, 5.41) is 2.25. The molecule has 2 fully saturated rings. The molecule has 132 valence electrons. The maximum atomic E-state index is 12.8. The van der Waals surface area contributed by atoms with Crippen LogP contribution in [0.3, 0.4) is 0 Å². The van der Waals surface area contributed by atoms with E-state index in [0.29, 0.717) is 12.2 Å². The predicted molar refractivity (Wildman–Crippen MR) is 91.3 cm³/mol. The Morgan fingerprint density at radius 3 is 2.80 bits per heavy atom. The Kier molecular flexibility index (Phi) is 4.94. The van der Waals surface area contributed by atoms with E-state index in [1.807, 2.05) is 26.0 Å². The number of hydrogen-bond acceptors (Lipinski definition) is 4. The summed E-state index contributed by atoms with van der Waals surface area (Å²) in [6.07, 6.45) is 3.51. The second kappa shape index (κ2) is 7.14. The summed E-state index contributed by atoms with van der Waals surface area (Å²) in [5.41, 5.74) is 2.31. The third kappa shape index (κ3) is 3.61. The number of urea groups is 1. The highest BCUT2D eigenvalue weighted by atomic mass is 16.5. The van der Waals surface area contributed by atoms with Crippen molar-refractivity contribution < 1.29 is 24.1 Å². The average molecular weight is 344 g/mol. The molecule has 0 radical (unpaired) electrons. The summed E-state index contributed by atoms with van der Waals surface area (Å²) in [5.74, 6) is -2.23. The molecule has 2 saturated heterocycles. The van der Waals surface area contributed by atoms with Crippen molar-refractivity contribution in [2.75, 3.05) is 18.1 Å². The van der Waals surface area contributed by atoms with Crippen molar-refractivity contribution in [2.45, 2.75) is 32.8 Å². The first kappa shape index (κ1) is 17.3. The van der Waals surface area contributed by atoms with Crippen molar-refractivity contribution in [3.05, 3.63) is 29.3 Å². The lowest BCUT2D eigenvalue weighted by molar-refractivity contribution is -0.465. The number of anilines is 1. The maximum absolute atomic E-state index is 12.8. The number of imide groups is 2. The van der Waals surface area contributed by atoms with Gasteiger partial charge < -0.3 is 4.74 Å². The molecule has 0 spiro atoms. The first-order chi connectivity index (χ1) is 12.0. The number of nitrogens with zero attached hydrogens (tertiary/aromatic N) is 1. The second-order valence-corrected chi connectivity index (χ2v) is 6.45. The quantitative estimate of drug-likeness (QED) is 0.586. The number of amides is 4. The van der Waals surface area contributed by atoms with Gasteiger partial charge in [-0.15, -0.1) is 0 Å². The maximum Gasteiger partial charge on any atom is 0.335 e. The smallest absolute Gasteiger partial charge is 0.335 e. The van der Waals surface area contributed by atoms with Crippen LogP contribution in [0.25, 0.3) is 0 Å². The SMILES string of the molecule is Cc1ccc(N2C(=O)NC(=O)[C@H](C=[NH+]C[C@H]3CCCO3)C2=O)c(C)c1. The standard InChI is InChI=1S/C18H21N3O4/c1-11-5-6-15(12(2)8-11)21-17(23)14(16(22)20-18(21)24)10-19-9-13-4-3-7-25-13/h5-6,8,10,13-14H,3-4,7,9H2,1-2H3,(H,20,22,24)/p+1/t13-,14+/m1/s1. The molecule has 1 aromatic carbocycles. The van der Waals surface area contributed by atoms with Crippen molar-refractivity contribution >= 4 is 29.7 Å². The van der Waals surface area contributed by atoms with Crippen LogP contribution in [0.2, 0.25) is 0 Å². The van der Waals surface area contributed by atoms with Crippen LogP contribution in [0.4, 0.5) is 10.5 Å². The summed E-state index contributed by atoms with van der Waals surface area (Å²) in [7, 11) is 0. The summed E-state index contributed by atoms with van der Waals surface area (Å²) in [4.78, 5) is 41.1. The van der Waals surface area contributed by atoms with Crippen LogP contribution in [0.15, 0.2) is 18.2 Å². The minimum Gasteiger partial charge on any atom is -0.372 e. The molecule has 7 heteroatoms. The van der Waals surface area contributed by atoms with Gasteiger partial charge in [0.15, 0.2) is 18.7 Å². The van der Waals surface area contributed by atoms with E-state index in [2.05, 4.69) is 10.3 Å². The van der Waals surface area contributed by atoms with E-state index >= 15 is 0 Å². The molecule has 2 N–H and O–H groups in total. The minimum absolute atomic E-state index is 0.0927. The molecule has 2 aliphatic heterocycles. The Bertz CT molecular complexity index is 738. The lowest BCUT2D eigenvalue weighted by Gasteiger charge is -2.28. The first-order valence-electron chi connectivity index (χ1n) is 8.42. The molecule has 0 aromatic heterocycles. The van der Waals surface area contributed by atoms with E-state index < -0.39 is 23.8 Å². The van der Waals surface area contributed by atoms with Gasteiger partial charge in [-0.25, -0.2) is 14.7 Å². The number of nitrogens with one attached hydrogen (secondary N) is 2. The van der Waals surface area contributed by atoms with E-state index in [1.54, 1.807) is 6.07 Å². The van der Waals surface area contributed by atoms with Gasteiger partial charge in [0.2, 0.25) is 0 Å². The summed E-state index contributed by atoms with van der Waals surface area (Å²) in [6.45, 7) is 5.04. The highest BCUT2D eigenvalue weighted by Crippen LogP contribution is 2.24. The van der Waals surface area contributed by atoms with Gasteiger partial charge in [0.25, 0.3) is 11.8 Å². The van der Waals surface area contributed by atoms with Gasteiger partial charge >= 0.3 is 6.03 Å². The molecule has 2 aliphatic rings. The van der Waals surface area contributed by atoms with Crippen LogP contribution in [0.1, 0.15) is 24.0 Å².